The van der Waals surface area contributed by atoms with Crippen molar-refractivity contribution in [2.24, 2.45) is 0 Å². The van der Waals surface area contributed by atoms with Gasteiger partial charge in [-0.25, -0.2) is 4.68 Å². The van der Waals surface area contributed by atoms with Gasteiger partial charge in [0, 0.05) is 16.8 Å². The predicted octanol–water partition coefficient (Wildman–Crippen LogP) is 2.64. The van der Waals surface area contributed by atoms with E-state index >= 15 is 0 Å². The SMILES string of the molecule is Cc1c(Cl)cccc1NC(=O)COc1cccc(-n2cnnn2)c1. The van der Waals surface area contributed by atoms with Crippen LogP contribution in [0, 0.1) is 6.92 Å². The molecule has 1 aromatic heterocycles. The zero-order chi connectivity index (χ0) is 16.9. The molecule has 1 amide bonds. The lowest BCUT2D eigenvalue weighted by atomic mass is 10.2. The molecule has 0 saturated heterocycles. The minimum absolute atomic E-state index is 0.120. The molecule has 0 bridgehead atoms. The highest BCUT2D eigenvalue weighted by molar-refractivity contribution is 6.31. The molecule has 0 aliphatic rings. The van der Waals surface area contributed by atoms with Gasteiger partial charge in [0.1, 0.15) is 12.1 Å². The molecule has 3 rings (SSSR count). The normalized spacial score (nSPS) is 10.4. The van der Waals surface area contributed by atoms with E-state index in [9.17, 15) is 4.79 Å². The number of halogens is 1. The number of carbonyl (C=O) groups is 1. The lowest BCUT2D eigenvalue weighted by molar-refractivity contribution is -0.118. The number of anilines is 1. The van der Waals surface area contributed by atoms with Crippen molar-refractivity contribution in [3.63, 3.8) is 0 Å². The van der Waals surface area contributed by atoms with Gasteiger partial charge in [-0.15, -0.1) is 5.10 Å². The van der Waals surface area contributed by atoms with Crippen molar-refractivity contribution in [3.05, 3.63) is 59.4 Å². The van der Waals surface area contributed by atoms with Crippen LogP contribution in [0.5, 0.6) is 5.75 Å². The van der Waals surface area contributed by atoms with Gasteiger partial charge in [-0.1, -0.05) is 23.7 Å². The molecule has 122 valence electrons. The molecule has 7 nitrogen and oxygen atoms in total. The second-order valence-electron chi connectivity index (χ2n) is 5.00. The topological polar surface area (TPSA) is 81.9 Å². The molecule has 0 fully saturated rings. The van der Waals surface area contributed by atoms with E-state index in [0.717, 1.165) is 11.3 Å². The molecule has 2 aromatic carbocycles. The Bertz CT molecular complexity index is 851. The van der Waals surface area contributed by atoms with Crippen molar-refractivity contribution >= 4 is 23.2 Å². The van der Waals surface area contributed by atoms with Crippen molar-refractivity contribution in [1.82, 2.24) is 20.2 Å². The van der Waals surface area contributed by atoms with Crippen molar-refractivity contribution < 1.29 is 9.53 Å². The number of amides is 1. The van der Waals surface area contributed by atoms with Gasteiger partial charge in [0.25, 0.3) is 5.91 Å². The molecule has 1 heterocycles. The largest absolute Gasteiger partial charge is 0.484 e. The van der Waals surface area contributed by atoms with E-state index in [-0.39, 0.29) is 12.5 Å². The Morgan fingerprint density at radius 1 is 1.29 bits per heavy atom. The van der Waals surface area contributed by atoms with Gasteiger partial charge in [-0.05, 0) is 47.2 Å². The number of tetrazole rings is 1. The summed E-state index contributed by atoms with van der Waals surface area (Å²) in [6, 6.07) is 12.5. The number of nitrogens with one attached hydrogen (secondary N) is 1. The van der Waals surface area contributed by atoms with Crippen LogP contribution in [0.3, 0.4) is 0 Å². The Morgan fingerprint density at radius 3 is 2.92 bits per heavy atom. The maximum Gasteiger partial charge on any atom is 0.262 e. The fourth-order valence-electron chi connectivity index (χ4n) is 2.07. The van der Waals surface area contributed by atoms with Gasteiger partial charge in [-0.3, -0.25) is 4.79 Å². The Hall–Kier alpha value is -2.93. The fourth-order valence-corrected chi connectivity index (χ4v) is 2.25. The van der Waals surface area contributed by atoms with Crippen molar-refractivity contribution in [1.29, 1.82) is 0 Å². The van der Waals surface area contributed by atoms with Crippen molar-refractivity contribution in [3.8, 4) is 11.4 Å². The van der Waals surface area contributed by atoms with Crippen LogP contribution >= 0.6 is 11.6 Å². The maximum atomic E-state index is 12.0. The van der Waals surface area contributed by atoms with E-state index in [4.69, 9.17) is 16.3 Å². The molecular formula is C16H14ClN5O2. The van der Waals surface area contributed by atoms with Crippen LogP contribution in [0.4, 0.5) is 5.69 Å². The quantitative estimate of drug-likeness (QED) is 0.770. The van der Waals surface area contributed by atoms with Gasteiger partial charge in [0.15, 0.2) is 6.61 Å². The monoisotopic (exact) mass is 343 g/mol. The molecule has 0 unspecified atom stereocenters. The molecule has 3 aromatic rings. The summed E-state index contributed by atoms with van der Waals surface area (Å²) in [6.45, 7) is 1.72. The van der Waals surface area contributed by atoms with E-state index in [0.29, 0.717) is 16.5 Å². The summed E-state index contributed by atoms with van der Waals surface area (Å²) >= 11 is 6.04. The molecule has 24 heavy (non-hydrogen) atoms. The number of aromatic nitrogens is 4. The summed E-state index contributed by atoms with van der Waals surface area (Å²) in [7, 11) is 0. The summed E-state index contributed by atoms with van der Waals surface area (Å²) in [6.07, 6.45) is 1.48. The maximum absolute atomic E-state index is 12.0. The molecule has 0 aliphatic heterocycles. The molecule has 0 aliphatic carbocycles. The first-order chi connectivity index (χ1) is 11.6. The number of hydrogen-bond acceptors (Lipinski definition) is 5. The second kappa shape index (κ2) is 7.10. The molecule has 1 N–H and O–H groups in total. The van der Waals surface area contributed by atoms with Gasteiger partial charge >= 0.3 is 0 Å². The van der Waals surface area contributed by atoms with Gasteiger partial charge in [0.05, 0.1) is 5.69 Å². The van der Waals surface area contributed by atoms with Crippen molar-refractivity contribution in [2.45, 2.75) is 6.92 Å². The van der Waals surface area contributed by atoms with Gasteiger partial charge in [-0.2, -0.15) is 0 Å². The van der Waals surface area contributed by atoms with E-state index in [2.05, 4.69) is 20.8 Å². The van der Waals surface area contributed by atoms with Crippen LogP contribution in [-0.2, 0) is 4.79 Å². The minimum atomic E-state index is -0.270. The third kappa shape index (κ3) is 3.69. The Kier molecular flexibility index (Phi) is 4.72. The second-order valence-corrected chi connectivity index (χ2v) is 5.41. The molecule has 0 radical (unpaired) electrons. The van der Waals surface area contributed by atoms with Crippen LogP contribution in [-0.4, -0.2) is 32.7 Å². The highest BCUT2D eigenvalue weighted by Gasteiger charge is 2.08. The summed E-state index contributed by atoms with van der Waals surface area (Å²) in [5, 5.41) is 14.3. The standard InChI is InChI=1S/C16H14ClN5O2/c1-11-14(17)6-3-7-15(11)19-16(23)9-24-13-5-2-4-12(8-13)22-10-18-20-21-22/h2-8,10H,9H2,1H3,(H,19,23). The zero-order valence-electron chi connectivity index (χ0n) is 12.8. The van der Waals surface area contributed by atoms with E-state index in [1.54, 1.807) is 36.4 Å². The smallest absolute Gasteiger partial charge is 0.262 e. The number of hydrogen-bond donors (Lipinski definition) is 1. The first-order valence-corrected chi connectivity index (χ1v) is 7.52. The first-order valence-electron chi connectivity index (χ1n) is 7.14. The summed E-state index contributed by atoms with van der Waals surface area (Å²) in [5.41, 5.74) is 2.22. The lowest BCUT2D eigenvalue weighted by Gasteiger charge is -2.11. The number of ether oxygens (including phenoxy) is 1. The van der Waals surface area contributed by atoms with Gasteiger partial charge < -0.3 is 10.1 Å². The molecule has 0 spiro atoms. The average molecular weight is 344 g/mol. The molecular weight excluding hydrogens is 330 g/mol. The van der Waals surface area contributed by atoms with Crippen LogP contribution in [0.2, 0.25) is 5.02 Å². The Balaban J connectivity index is 1.62. The van der Waals surface area contributed by atoms with Crippen molar-refractivity contribution in [2.75, 3.05) is 11.9 Å². The number of rotatable bonds is 5. The number of carbonyl (C=O) groups excluding carboxylic acids is 1. The zero-order valence-corrected chi connectivity index (χ0v) is 13.6. The minimum Gasteiger partial charge on any atom is -0.484 e. The third-order valence-corrected chi connectivity index (χ3v) is 3.75. The predicted molar refractivity (Wildman–Crippen MR) is 89.5 cm³/mol. The summed E-state index contributed by atoms with van der Waals surface area (Å²) < 4.78 is 7.02. The van der Waals surface area contributed by atoms with Crippen LogP contribution < -0.4 is 10.1 Å². The lowest BCUT2D eigenvalue weighted by Crippen LogP contribution is -2.20. The summed E-state index contributed by atoms with van der Waals surface area (Å²) in [5.74, 6) is 0.272. The fraction of sp³-hybridized carbons (Fsp3) is 0.125. The first kappa shape index (κ1) is 15.9. The average Bonchev–Trinajstić information content (AvgIpc) is 3.12. The Labute approximate surface area is 143 Å². The number of nitrogens with zero attached hydrogens (tertiary/aromatic N) is 4. The molecule has 0 atom stereocenters. The van der Waals surface area contributed by atoms with Crippen LogP contribution in [0.1, 0.15) is 5.56 Å². The highest BCUT2D eigenvalue weighted by atomic mass is 35.5. The number of benzene rings is 2. The molecule has 8 heteroatoms. The van der Waals surface area contributed by atoms with E-state index in [1.807, 2.05) is 13.0 Å². The molecule has 0 saturated carbocycles. The Morgan fingerprint density at radius 2 is 2.12 bits per heavy atom. The summed E-state index contributed by atoms with van der Waals surface area (Å²) in [4.78, 5) is 12.0. The third-order valence-electron chi connectivity index (χ3n) is 3.34. The van der Waals surface area contributed by atoms with E-state index in [1.165, 1.54) is 11.0 Å². The van der Waals surface area contributed by atoms with Gasteiger partial charge in [0.2, 0.25) is 0 Å². The van der Waals surface area contributed by atoms with Crippen LogP contribution in [0.15, 0.2) is 48.8 Å². The highest BCUT2D eigenvalue weighted by Crippen LogP contribution is 2.23. The van der Waals surface area contributed by atoms with E-state index < -0.39 is 0 Å². The van der Waals surface area contributed by atoms with Crippen LogP contribution in [0.25, 0.3) is 5.69 Å².